The number of benzene rings is 1. The molecule has 0 saturated carbocycles. The molecule has 2 aromatic heterocycles. The molecule has 0 saturated heterocycles. The number of fused-ring (bicyclic) bond motifs is 1. The van der Waals surface area contributed by atoms with E-state index in [1.807, 2.05) is 6.92 Å². The molecule has 0 fully saturated rings. The molecule has 0 unspecified atom stereocenters. The normalized spacial score (nSPS) is 11.2. The van der Waals surface area contributed by atoms with Gasteiger partial charge in [-0.3, -0.25) is 4.79 Å². The van der Waals surface area contributed by atoms with Crippen LogP contribution in [0.1, 0.15) is 34.2 Å². The Balaban J connectivity index is 1.84. The number of amides is 1. The third-order valence-electron chi connectivity index (χ3n) is 4.62. The maximum atomic E-state index is 13.1. The average Bonchev–Trinajstić information content (AvgIpc) is 3.07. The van der Waals surface area contributed by atoms with Gasteiger partial charge in [0.1, 0.15) is 5.69 Å². The Kier molecular flexibility index (Phi) is 6.91. The summed E-state index contributed by atoms with van der Waals surface area (Å²) in [5, 5.41) is 5.74. The summed E-state index contributed by atoms with van der Waals surface area (Å²) in [5.74, 6) is 5.46. The molecule has 162 valence electrons. The molecule has 0 spiro atoms. The molecule has 0 radical (unpaired) electrons. The molecule has 31 heavy (non-hydrogen) atoms. The Bertz CT molecular complexity index is 1180. The fourth-order valence-electron chi connectivity index (χ4n) is 3.15. The van der Waals surface area contributed by atoms with E-state index in [1.165, 1.54) is 4.40 Å². The lowest BCUT2D eigenvalue weighted by atomic mass is 10.1. The van der Waals surface area contributed by atoms with E-state index in [0.717, 1.165) is 11.3 Å². The summed E-state index contributed by atoms with van der Waals surface area (Å²) >= 11 is 3.32. The number of aryl methyl sites for hydroxylation is 1. The lowest BCUT2D eigenvalue weighted by Gasteiger charge is -2.10. The smallest absolute Gasteiger partial charge is 0.374 e. The standard InChI is InChI=1S/C22H20BrF3N4O/c1-3-14-12-15(21(31)27-2)8-9-17(14)28-10-4-7-18-19(13-22(24,25)26)30-11-5-6-16(23)20(30)29-18/h5-6,8-9,11-12,28H,3,10,13H2,1-2H3,(H,27,31). The maximum Gasteiger partial charge on any atom is 0.394 e. The summed E-state index contributed by atoms with van der Waals surface area (Å²) in [4.78, 5) is 16.1. The number of carbonyl (C=O) groups is 1. The van der Waals surface area contributed by atoms with Crippen molar-refractivity contribution in [2.45, 2.75) is 25.9 Å². The summed E-state index contributed by atoms with van der Waals surface area (Å²) in [6.07, 6.45) is -3.26. The lowest BCUT2D eigenvalue weighted by Crippen LogP contribution is -2.18. The van der Waals surface area contributed by atoms with E-state index in [2.05, 4.69) is 43.4 Å². The molecule has 1 amide bonds. The molecular weight excluding hydrogens is 473 g/mol. The zero-order chi connectivity index (χ0) is 22.6. The van der Waals surface area contributed by atoms with Gasteiger partial charge in [-0.15, -0.1) is 0 Å². The molecule has 9 heteroatoms. The first kappa shape index (κ1) is 22.7. The predicted molar refractivity (Wildman–Crippen MR) is 117 cm³/mol. The van der Waals surface area contributed by atoms with Crippen LogP contribution in [0.25, 0.3) is 5.65 Å². The number of nitrogens with one attached hydrogen (secondary N) is 2. The van der Waals surface area contributed by atoms with Gasteiger partial charge in [0.05, 0.1) is 23.1 Å². The highest BCUT2D eigenvalue weighted by molar-refractivity contribution is 9.10. The summed E-state index contributed by atoms with van der Waals surface area (Å²) in [6, 6.07) is 8.66. The van der Waals surface area contributed by atoms with Crippen molar-refractivity contribution in [3.8, 4) is 11.8 Å². The van der Waals surface area contributed by atoms with E-state index < -0.39 is 12.6 Å². The highest BCUT2D eigenvalue weighted by Gasteiger charge is 2.31. The SMILES string of the molecule is CCc1cc(C(=O)NC)ccc1NCC#Cc1nc2c(Br)cccn2c1CC(F)(F)F. The van der Waals surface area contributed by atoms with E-state index in [4.69, 9.17) is 0 Å². The van der Waals surface area contributed by atoms with Crippen molar-refractivity contribution < 1.29 is 18.0 Å². The van der Waals surface area contributed by atoms with Gasteiger partial charge < -0.3 is 15.0 Å². The van der Waals surface area contributed by atoms with Crippen LogP contribution in [-0.4, -0.2) is 35.1 Å². The van der Waals surface area contributed by atoms with Crippen molar-refractivity contribution in [3.05, 3.63) is 63.5 Å². The average molecular weight is 493 g/mol. The van der Waals surface area contributed by atoms with Crippen LogP contribution < -0.4 is 10.6 Å². The molecule has 0 aliphatic carbocycles. The monoisotopic (exact) mass is 492 g/mol. The Labute approximate surface area is 186 Å². The number of hydrogen-bond donors (Lipinski definition) is 2. The van der Waals surface area contributed by atoms with Crippen LogP contribution >= 0.6 is 15.9 Å². The van der Waals surface area contributed by atoms with Crippen molar-refractivity contribution in [2.75, 3.05) is 18.9 Å². The van der Waals surface area contributed by atoms with Gasteiger partial charge in [0, 0.05) is 24.5 Å². The van der Waals surface area contributed by atoms with Crippen molar-refractivity contribution in [1.29, 1.82) is 0 Å². The third-order valence-corrected chi connectivity index (χ3v) is 5.24. The molecule has 0 bridgehead atoms. The minimum absolute atomic E-state index is 0.000443. The van der Waals surface area contributed by atoms with Crippen molar-refractivity contribution in [1.82, 2.24) is 14.7 Å². The fourth-order valence-corrected chi connectivity index (χ4v) is 3.59. The molecule has 0 aliphatic rings. The zero-order valence-corrected chi connectivity index (χ0v) is 18.5. The quantitative estimate of drug-likeness (QED) is 0.512. The van der Waals surface area contributed by atoms with Crippen molar-refractivity contribution in [2.24, 2.45) is 0 Å². The highest BCUT2D eigenvalue weighted by Crippen LogP contribution is 2.26. The molecule has 5 nitrogen and oxygen atoms in total. The van der Waals surface area contributed by atoms with E-state index in [1.54, 1.807) is 43.6 Å². The molecule has 0 aliphatic heterocycles. The Morgan fingerprint density at radius 1 is 1.29 bits per heavy atom. The van der Waals surface area contributed by atoms with Gasteiger partial charge in [0.2, 0.25) is 0 Å². The molecular formula is C22H20BrF3N4O. The topological polar surface area (TPSA) is 58.4 Å². The molecule has 2 N–H and O–H groups in total. The minimum Gasteiger partial charge on any atom is -0.374 e. The number of alkyl halides is 3. The van der Waals surface area contributed by atoms with Gasteiger partial charge in [-0.25, -0.2) is 4.98 Å². The summed E-state index contributed by atoms with van der Waals surface area (Å²) < 4.78 is 41.3. The number of halogens is 4. The van der Waals surface area contributed by atoms with Crippen LogP contribution in [0.2, 0.25) is 0 Å². The van der Waals surface area contributed by atoms with E-state index in [9.17, 15) is 18.0 Å². The Morgan fingerprint density at radius 2 is 2.06 bits per heavy atom. The van der Waals surface area contributed by atoms with Gasteiger partial charge in [-0.05, 0) is 64.2 Å². The number of hydrogen-bond acceptors (Lipinski definition) is 3. The molecule has 3 aromatic rings. The highest BCUT2D eigenvalue weighted by atomic mass is 79.9. The van der Waals surface area contributed by atoms with Crippen LogP contribution in [0.3, 0.4) is 0 Å². The van der Waals surface area contributed by atoms with Crippen LogP contribution in [-0.2, 0) is 12.8 Å². The van der Waals surface area contributed by atoms with E-state index in [-0.39, 0.29) is 23.8 Å². The van der Waals surface area contributed by atoms with Crippen molar-refractivity contribution >= 4 is 33.2 Å². The first-order valence-corrected chi connectivity index (χ1v) is 10.3. The summed E-state index contributed by atoms with van der Waals surface area (Å²) in [7, 11) is 1.57. The Hall–Kier alpha value is -2.99. The van der Waals surface area contributed by atoms with Crippen LogP contribution in [0.15, 0.2) is 41.0 Å². The maximum absolute atomic E-state index is 13.1. The van der Waals surface area contributed by atoms with Crippen LogP contribution in [0.4, 0.5) is 18.9 Å². The second-order valence-corrected chi connectivity index (χ2v) is 7.56. The van der Waals surface area contributed by atoms with Gasteiger partial charge in [-0.1, -0.05) is 12.8 Å². The molecule has 1 aromatic carbocycles. The second kappa shape index (κ2) is 9.43. The number of anilines is 1. The zero-order valence-electron chi connectivity index (χ0n) is 16.9. The number of imidazole rings is 1. The number of nitrogens with zero attached hydrogens (tertiary/aromatic N) is 2. The number of aromatic nitrogens is 2. The van der Waals surface area contributed by atoms with Gasteiger partial charge in [0.25, 0.3) is 5.91 Å². The third kappa shape index (κ3) is 5.39. The molecule has 0 atom stereocenters. The lowest BCUT2D eigenvalue weighted by molar-refractivity contribution is -0.128. The van der Waals surface area contributed by atoms with Crippen LogP contribution in [0.5, 0.6) is 0 Å². The van der Waals surface area contributed by atoms with Gasteiger partial charge >= 0.3 is 6.18 Å². The number of rotatable bonds is 5. The molecule has 2 heterocycles. The van der Waals surface area contributed by atoms with E-state index >= 15 is 0 Å². The predicted octanol–water partition coefficient (Wildman–Crippen LogP) is 4.59. The fraction of sp³-hybridized carbons (Fsp3) is 0.273. The second-order valence-electron chi connectivity index (χ2n) is 6.71. The Morgan fingerprint density at radius 3 is 2.74 bits per heavy atom. The van der Waals surface area contributed by atoms with Crippen molar-refractivity contribution in [3.63, 3.8) is 0 Å². The number of carbonyl (C=O) groups excluding carboxylic acids is 1. The summed E-state index contributed by atoms with van der Waals surface area (Å²) in [6.45, 7) is 2.19. The minimum atomic E-state index is -4.38. The van der Waals surface area contributed by atoms with E-state index in [0.29, 0.717) is 22.1 Å². The van der Waals surface area contributed by atoms with Crippen LogP contribution in [0, 0.1) is 11.8 Å². The summed E-state index contributed by atoms with van der Waals surface area (Å²) in [5.41, 5.74) is 2.80. The largest absolute Gasteiger partial charge is 0.394 e. The molecule has 3 rings (SSSR count). The van der Waals surface area contributed by atoms with Gasteiger partial charge in [-0.2, -0.15) is 13.2 Å². The number of pyridine rings is 1. The first-order valence-electron chi connectivity index (χ1n) is 9.53. The first-order chi connectivity index (χ1) is 14.7. The van der Waals surface area contributed by atoms with Gasteiger partial charge in [0.15, 0.2) is 5.65 Å².